The summed E-state index contributed by atoms with van der Waals surface area (Å²) in [4.78, 5) is 27.5. The molecule has 2 rings (SSSR count). The predicted octanol–water partition coefficient (Wildman–Crippen LogP) is 1.68. The van der Waals surface area contributed by atoms with Crippen LogP contribution >= 0.6 is 0 Å². The number of amides is 1. The Morgan fingerprint density at radius 3 is 2.68 bits per heavy atom. The third kappa shape index (κ3) is 2.92. The molecule has 0 saturated heterocycles. The largest absolute Gasteiger partial charge is 0.481 e. The minimum absolute atomic E-state index is 0.233. The normalized spacial score (nSPS) is 22.2. The fourth-order valence-electron chi connectivity index (χ4n) is 2.60. The van der Waals surface area contributed by atoms with Crippen LogP contribution in [0.2, 0.25) is 0 Å². The number of carboxylic acids is 1. The number of nitrogens with zero attached hydrogens (tertiary/aromatic N) is 1. The number of rotatable bonds is 3. The number of pyridine rings is 1. The van der Waals surface area contributed by atoms with Gasteiger partial charge in [0.2, 0.25) is 0 Å². The van der Waals surface area contributed by atoms with Crippen molar-refractivity contribution in [1.82, 2.24) is 10.3 Å². The van der Waals surface area contributed by atoms with Crippen LogP contribution < -0.4 is 5.32 Å². The molecule has 102 valence electrons. The fourth-order valence-corrected chi connectivity index (χ4v) is 2.60. The maximum atomic E-state index is 12.2. The van der Waals surface area contributed by atoms with Crippen LogP contribution in [-0.4, -0.2) is 28.0 Å². The van der Waals surface area contributed by atoms with Crippen LogP contribution in [0.1, 0.15) is 41.0 Å². The molecule has 0 spiro atoms. The van der Waals surface area contributed by atoms with E-state index in [1.807, 2.05) is 6.92 Å². The third-order valence-corrected chi connectivity index (χ3v) is 3.62. The predicted molar refractivity (Wildman–Crippen MR) is 69.9 cm³/mol. The summed E-state index contributed by atoms with van der Waals surface area (Å²) < 4.78 is 0. The number of hydrogen-bond donors (Lipinski definition) is 2. The molecule has 1 saturated carbocycles. The lowest BCUT2D eigenvalue weighted by atomic mass is 10.0. The Bertz CT molecular complexity index is 513. The number of aromatic nitrogens is 1. The second-order valence-electron chi connectivity index (χ2n) is 5.04. The highest BCUT2D eigenvalue weighted by molar-refractivity contribution is 5.95. The number of aryl methyl sites for hydroxylation is 2. The Hall–Kier alpha value is -1.91. The topological polar surface area (TPSA) is 79.3 Å². The van der Waals surface area contributed by atoms with Gasteiger partial charge in [-0.3, -0.25) is 14.6 Å². The van der Waals surface area contributed by atoms with Gasteiger partial charge in [0.25, 0.3) is 5.91 Å². The Labute approximate surface area is 112 Å². The van der Waals surface area contributed by atoms with Gasteiger partial charge in [0, 0.05) is 11.7 Å². The Balaban J connectivity index is 2.10. The maximum absolute atomic E-state index is 12.2. The SMILES string of the molecule is Cc1ccc(C(=O)NC2CCCC2C(=O)O)c(C)n1. The summed E-state index contributed by atoms with van der Waals surface area (Å²) in [6.45, 7) is 3.65. The Kier molecular flexibility index (Phi) is 3.83. The van der Waals surface area contributed by atoms with Crippen molar-refractivity contribution in [2.24, 2.45) is 5.92 Å². The van der Waals surface area contributed by atoms with Gasteiger partial charge < -0.3 is 10.4 Å². The van der Waals surface area contributed by atoms with Crippen molar-refractivity contribution in [3.8, 4) is 0 Å². The summed E-state index contributed by atoms with van der Waals surface area (Å²) in [5.74, 6) is -1.53. The minimum atomic E-state index is -0.832. The molecule has 5 heteroatoms. The van der Waals surface area contributed by atoms with Gasteiger partial charge in [-0.25, -0.2) is 0 Å². The van der Waals surface area contributed by atoms with Gasteiger partial charge in [0.15, 0.2) is 0 Å². The number of aliphatic carboxylic acids is 1. The second kappa shape index (κ2) is 5.38. The van der Waals surface area contributed by atoms with Gasteiger partial charge in [-0.05, 0) is 38.8 Å². The van der Waals surface area contributed by atoms with E-state index >= 15 is 0 Å². The van der Waals surface area contributed by atoms with E-state index in [0.717, 1.165) is 18.5 Å². The molecule has 0 aliphatic heterocycles. The molecule has 0 bridgehead atoms. The summed E-state index contributed by atoms with van der Waals surface area (Å²) in [5.41, 5.74) is 2.04. The van der Waals surface area contributed by atoms with Crippen molar-refractivity contribution in [3.63, 3.8) is 0 Å². The van der Waals surface area contributed by atoms with E-state index in [-0.39, 0.29) is 11.9 Å². The molecule has 1 aliphatic rings. The van der Waals surface area contributed by atoms with Crippen LogP contribution in [0, 0.1) is 19.8 Å². The molecule has 0 aromatic carbocycles. The molecule has 2 unspecified atom stereocenters. The van der Waals surface area contributed by atoms with E-state index in [9.17, 15) is 9.59 Å². The number of carbonyl (C=O) groups is 2. The third-order valence-electron chi connectivity index (χ3n) is 3.62. The van der Waals surface area contributed by atoms with Crippen molar-refractivity contribution in [1.29, 1.82) is 0 Å². The summed E-state index contributed by atoms with van der Waals surface area (Å²) in [7, 11) is 0. The second-order valence-corrected chi connectivity index (χ2v) is 5.04. The molecule has 0 radical (unpaired) electrons. The van der Waals surface area contributed by atoms with Gasteiger partial charge in [-0.15, -0.1) is 0 Å². The van der Waals surface area contributed by atoms with Crippen LogP contribution in [0.4, 0.5) is 0 Å². The number of carbonyl (C=O) groups excluding carboxylic acids is 1. The van der Waals surface area contributed by atoms with Crippen molar-refractivity contribution >= 4 is 11.9 Å². The molecule has 1 aromatic heterocycles. The average Bonchev–Trinajstić information content (AvgIpc) is 2.76. The van der Waals surface area contributed by atoms with Crippen LogP contribution in [0.15, 0.2) is 12.1 Å². The molecule has 19 heavy (non-hydrogen) atoms. The lowest BCUT2D eigenvalue weighted by molar-refractivity contribution is -0.142. The van der Waals surface area contributed by atoms with Crippen LogP contribution in [-0.2, 0) is 4.79 Å². The van der Waals surface area contributed by atoms with E-state index in [1.54, 1.807) is 19.1 Å². The molecule has 2 atom stereocenters. The molecular formula is C14H18N2O3. The number of carboxylic acid groups (broad SMARTS) is 1. The molecule has 5 nitrogen and oxygen atoms in total. The monoisotopic (exact) mass is 262 g/mol. The zero-order chi connectivity index (χ0) is 14.0. The minimum Gasteiger partial charge on any atom is -0.481 e. The average molecular weight is 262 g/mol. The van der Waals surface area contributed by atoms with E-state index < -0.39 is 11.9 Å². The van der Waals surface area contributed by atoms with Crippen molar-refractivity contribution in [3.05, 3.63) is 29.1 Å². The van der Waals surface area contributed by atoms with Gasteiger partial charge >= 0.3 is 5.97 Å². The lowest BCUT2D eigenvalue weighted by Gasteiger charge is -2.18. The standard InChI is InChI=1S/C14H18N2O3/c1-8-6-7-10(9(2)15-8)13(17)16-12-5-3-4-11(12)14(18)19/h6-7,11-12H,3-5H2,1-2H3,(H,16,17)(H,18,19). The molecule has 1 fully saturated rings. The molecule has 1 amide bonds. The first kappa shape index (κ1) is 13.5. The summed E-state index contributed by atoms with van der Waals surface area (Å²) in [6, 6.07) is 3.24. The first-order valence-corrected chi connectivity index (χ1v) is 6.47. The molecule has 1 aliphatic carbocycles. The molecule has 1 heterocycles. The van der Waals surface area contributed by atoms with E-state index in [0.29, 0.717) is 17.7 Å². The van der Waals surface area contributed by atoms with Crippen LogP contribution in [0.3, 0.4) is 0 Å². The smallest absolute Gasteiger partial charge is 0.308 e. The fraction of sp³-hybridized carbons (Fsp3) is 0.500. The maximum Gasteiger partial charge on any atom is 0.308 e. The summed E-state index contributed by atoms with van der Waals surface area (Å²) >= 11 is 0. The number of nitrogens with one attached hydrogen (secondary N) is 1. The first-order valence-electron chi connectivity index (χ1n) is 6.47. The van der Waals surface area contributed by atoms with Crippen LogP contribution in [0.5, 0.6) is 0 Å². The summed E-state index contributed by atoms with van der Waals surface area (Å²) in [5, 5.41) is 11.9. The zero-order valence-corrected chi connectivity index (χ0v) is 11.1. The quantitative estimate of drug-likeness (QED) is 0.868. The molecule has 1 aromatic rings. The van der Waals surface area contributed by atoms with E-state index in [4.69, 9.17) is 5.11 Å². The van der Waals surface area contributed by atoms with Crippen molar-refractivity contribution in [2.45, 2.75) is 39.2 Å². The Morgan fingerprint density at radius 2 is 2.05 bits per heavy atom. The van der Waals surface area contributed by atoms with Crippen LogP contribution in [0.25, 0.3) is 0 Å². The van der Waals surface area contributed by atoms with Gasteiger partial charge in [-0.2, -0.15) is 0 Å². The van der Waals surface area contributed by atoms with Crippen molar-refractivity contribution in [2.75, 3.05) is 0 Å². The summed E-state index contributed by atoms with van der Waals surface area (Å²) in [6.07, 6.45) is 2.19. The van der Waals surface area contributed by atoms with Gasteiger partial charge in [0.05, 0.1) is 17.2 Å². The first-order chi connectivity index (χ1) is 8.99. The van der Waals surface area contributed by atoms with Gasteiger partial charge in [-0.1, -0.05) is 6.42 Å². The van der Waals surface area contributed by atoms with Gasteiger partial charge in [0.1, 0.15) is 0 Å². The molecular weight excluding hydrogens is 244 g/mol. The van der Waals surface area contributed by atoms with E-state index in [1.165, 1.54) is 0 Å². The van der Waals surface area contributed by atoms with Crippen molar-refractivity contribution < 1.29 is 14.7 Å². The highest BCUT2D eigenvalue weighted by Crippen LogP contribution is 2.26. The Morgan fingerprint density at radius 1 is 1.32 bits per heavy atom. The highest BCUT2D eigenvalue weighted by atomic mass is 16.4. The number of hydrogen-bond acceptors (Lipinski definition) is 3. The molecule has 2 N–H and O–H groups in total. The highest BCUT2D eigenvalue weighted by Gasteiger charge is 2.34. The zero-order valence-electron chi connectivity index (χ0n) is 11.1. The lowest BCUT2D eigenvalue weighted by Crippen LogP contribution is -2.40. The van der Waals surface area contributed by atoms with E-state index in [2.05, 4.69) is 10.3 Å².